The van der Waals surface area contributed by atoms with Crippen molar-refractivity contribution in [2.75, 3.05) is 5.32 Å². The molecular weight excluding hydrogens is 390 g/mol. The van der Waals surface area contributed by atoms with Crippen molar-refractivity contribution < 1.29 is 9.59 Å². The van der Waals surface area contributed by atoms with Crippen LogP contribution < -0.4 is 16.5 Å². The van der Waals surface area contributed by atoms with E-state index in [4.69, 9.17) is 5.73 Å². The summed E-state index contributed by atoms with van der Waals surface area (Å²) in [4.78, 5) is 28.9. The van der Waals surface area contributed by atoms with Crippen molar-refractivity contribution >= 4 is 34.6 Å². The maximum absolute atomic E-state index is 12.8. The van der Waals surface area contributed by atoms with Gasteiger partial charge in [-0.15, -0.1) is 0 Å². The van der Waals surface area contributed by atoms with Gasteiger partial charge in [0.15, 0.2) is 0 Å². The van der Waals surface area contributed by atoms with Crippen molar-refractivity contribution in [3.63, 3.8) is 0 Å². The molecule has 31 heavy (non-hydrogen) atoms. The van der Waals surface area contributed by atoms with Gasteiger partial charge < -0.3 is 16.0 Å². The van der Waals surface area contributed by atoms with Gasteiger partial charge in [0.2, 0.25) is 5.91 Å². The summed E-state index contributed by atoms with van der Waals surface area (Å²) in [6.45, 7) is 0. The highest BCUT2D eigenvalue weighted by molar-refractivity contribution is 6.18. The zero-order chi connectivity index (χ0) is 21.4. The van der Waals surface area contributed by atoms with Crippen molar-refractivity contribution in [3.8, 4) is 11.3 Å². The Kier molecular flexibility index (Phi) is 5.03. The topological polar surface area (TPSA) is 112 Å². The van der Waals surface area contributed by atoms with Crippen LogP contribution in [-0.2, 0) is 4.79 Å². The molecule has 1 aliphatic heterocycles. The lowest BCUT2D eigenvalue weighted by Crippen LogP contribution is -2.42. The van der Waals surface area contributed by atoms with Gasteiger partial charge in [0.1, 0.15) is 0 Å². The van der Waals surface area contributed by atoms with Crippen molar-refractivity contribution in [3.05, 3.63) is 53.6 Å². The van der Waals surface area contributed by atoms with E-state index in [0.717, 1.165) is 53.4 Å². The minimum Gasteiger partial charge on any atom is -0.354 e. The first-order chi connectivity index (χ1) is 15.1. The monoisotopic (exact) mass is 415 g/mol. The summed E-state index contributed by atoms with van der Waals surface area (Å²) in [5, 5.41) is 7.80. The number of aromatic amines is 1. The number of nitrogens with two attached hydrogens (primary N) is 1. The summed E-state index contributed by atoms with van der Waals surface area (Å²) in [6.07, 6.45) is 7.08. The number of carbonyl (C=O) groups excluding carboxylic acids is 2. The molecule has 0 spiro atoms. The first kappa shape index (κ1) is 19.5. The summed E-state index contributed by atoms with van der Waals surface area (Å²) in [5.74, 6) is -0.317. The molecule has 7 nitrogen and oxygen atoms in total. The number of aromatic nitrogens is 1. The number of amides is 2. The molecule has 1 atom stereocenters. The molecule has 7 heteroatoms. The summed E-state index contributed by atoms with van der Waals surface area (Å²) in [7, 11) is 0. The number of nitrogens with zero attached hydrogens (tertiary/aromatic N) is 1. The molecule has 1 fully saturated rings. The van der Waals surface area contributed by atoms with E-state index in [2.05, 4.69) is 20.8 Å². The van der Waals surface area contributed by atoms with E-state index in [1.165, 1.54) is 6.42 Å². The van der Waals surface area contributed by atoms with Gasteiger partial charge in [-0.1, -0.05) is 49.6 Å². The van der Waals surface area contributed by atoms with Gasteiger partial charge in [-0.25, -0.2) is 5.43 Å². The normalized spacial score (nSPS) is 17.3. The largest absolute Gasteiger partial charge is 0.354 e. The van der Waals surface area contributed by atoms with Crippen LogP contribution in [0.15, 0.2) is 47.6 Å². The van der Waals surface area contributed by atoms with Crippen molar-refractivity contribution in [1.29, 1.82) is 0 Å². The molecule has 1 saturated carbocycles. The smallest absolute Gasteiger partial charge is 0.272 e. The Hall–Kier alpha value is -3.45. The van der Waals surface area contributed by atoms with E-state index in [9.17, 15) is 9.59 Å². The molecule has 0 radical (unpaired) electrons. The minimum absolute atomic E-state index is 0.206. The van der Waals surface area contributed by atoms with Gasteiger partial charge in [0.05, 0.1) is 23.5 Å². The molecule has 2 aliphatic rings. The van der Waals surface area contributed by atoms with Crippen LogP contribution in [0.1, 0.15) is 48.0 Å². The fourth-order valence-corrected chi connectivity index (χ4v) is 4.72. The predicted molar refractivity (Wildman–Crippen MR) is 122 cm³/mol. The lowest BCUT2D eigenvalue weighted by molar-refractivity contribution is -0.118. The SMILES string of the molecule is N[C@H](C(=O)Nc1cc2c3c(c(-c4ccccc4)[nH]c3c1)C=NNC2=O)C1CCCCC1. The van der Waals surface area contributed by atoms with Gasteiger partial charge >= 0.3 is 0 Å². The van der Waals surface area contributed by atoms with Crippen LogP contribution in [0.4, 0.5) is 5.69 Å². The van der Waals surface area contributed by atoms with Gasteiger partial charge in [-0.3, -0.25) is 9.59 Å². The van der Waals surface area contributed by atoms with E-state index in [1.807, 2.05) is 36.4 Å². The number of nitrogens with one attached hydrogen (secondary N) is 3. The highest BCUT2D eigenvalue weighted by Gasteiger charge is 2.27. The summed E-state index contributed by atoms with van der Waals surface area (Å²) >= 11 is 0. The molecule has 0 unspecified atom stereocenters. The van der Waals surface area contributed by atoms with Crippen molar-refractivity contribution in [2.24, 2.45) is 16.8 Å². The number of hydrogen-bond donors (Lipinski definition) is 4. The molecule has 3 aromatic rings. The fourth-order valence-electron chi connectivity index (χ4n) is 4.72. The molecule has 2 aromatic carbocycles. The van der Waals surface area contributed by atoms with Crippen LogP contribution in [0.3, 0.4) is 0 Å². The molecule has 0 bridgehead atoms. The number of rotatable bonds is 4. The molecule has 5 rings (SSSR count). The highest BCUT2D eigenvalue weighted by Crippen LogP contribution is 2.34. The van der Waals surface area contributed by atoms with Crippen molar-refractivity contribution in [2.45, 2.75) is 38.1 Å². The van der Waals surface area contributed by atoms with Crippen LogP contribution in [0, 0.1) is 5.92 Å². The number of H-pyrrole nitrogens is 1. The maximum Gasteiger partial charge on any atom is 0.272 e. The third-order valence-electron chi connectivity index (χ3n) is 6.33. The molecular formula is C24H25N5O2. The molecule has 158 valence electrons. The number of hydrazone groups is 1. The van der Waals surface area contributed by atoms with Gasteiger partial charge in [-0.2, -0.15) is 5.10 Å². The molecule has 1 aliphatic carbocycles. The summed E-state index contributed by atoms with van der Waals surface area (Å²) in [6, 6.07) is 12.9. The third kappa shape index (κ3) is 3.61. The standard InChI is InChI=1S/C24H25N5O2/c25-21(14-7-3-1-4-8-14)24(31)27-16-11-17-20-18(13-26-29-23(17)30)22(28-19(20)12-16)15-9-5-2-6-10-15/h2,5-6,9-14,21,28H,1,3-4,7-8,25H2,(H,27,31)(H,29,30)/t21-/m0/s1. The van der Waals surface area contributed by atoms with E-state index in [0.29, 0.717) is 11.3 Å². The Bertz CT molecular complexity index is 1180. The van der Waals surface area contributed by atoms with Crippen LogP contribution in [0.5, 0.6) is 0 Å². The van der Waals surface area contributed by atoms with Crippen LogP contribution in [0.25, 0.3) is 22.2 Å². The number of anilines is 1. The second-order valence-electron chi connectivity index (χ2n) is 8.34. The first-order valence-corrected chi connectivity index (χ1v) is 10.8. The quantitative estimate of drug-likeness (QED) is 0.520. The Balaban J connectivity index is 1.53. The molecule has 0 saturated heterocycles. The highest BCUT2D eigenvalue weighted by atomic mass is 16.2. The minimum atomic E-state index is -0.550. The average Bonchev–Trinajstić information content (AvgIpc) is 3.08. The molecule has 2 heterocycles. The third-order valence-corrected chi connectivity index (χ3v) is 6.33. The molecule has 2 amide bonds. The summed E-state index contributed by atoms with van der Waals surface area (Å²) < 4.78 is 0. The zero-order valence-corrected chi connectivity index (χ0v) is 17.2. The first-order valence-electron chi connectivity index (χ1n) is 10.8. The lowest BCUT2D eigenvalue weighted by Gasteiger charge is -2.26. The van der Waals surface area contributed by atoms with Gasteiger partial charge in [0.25, 0.3) is 5.91 Å². The second-order valence-corrected chi connectivity index (χ2v) is 8.34. The van der Waals surface area contributed by atoms with Crippen LogP contribution in [0.2, 0.25) is 0 Å². The zero-order valence-electron chi connectivity index (χ0n) is 17.2. The predicted octanol–water partition coefficient (Wildman–Crippen LogP) is 3.76. The number of hydrogen-bond acceptors (Lipinski definition) is 4. The Morgan fingerprint density at radius 1 is 1.13 bits per heavy atom. The van der Waals surface area contributed by atoms with Gasteiger partial charge in [-0.05, 0) is 36.5 Å². The fraction of sp³-hybridized carbons (Fsp3) is 0.292. The second kappa shape index (κ2) is 8.00. The van der Waals surface area contributed by atoms with E-state index >= 15 is 0 Å². The number of carbonyl (C=O) groups is 2. The Labute approximate surface area is 180 Å². The molecule has 1 aromatic heterocycles. The number of benzene rings is 2. The van der Waals surface area contributed by atoms with Gasteiger partial charge in [0, 0.05) is 22.2 Å². The Morgan fingerprint density at radius 3 is 2.68 bits per heavy atom. The van der Waals surface area contributed by atoms with Crippen LogP contribution in [-0.4, -0.2) is 29.1 Å². The van der Waals surface area contributed by atoms with E-state index in [1.54, 1.807) is 12.3 Å². The van der Waals surface area contributed by atoms with Crippen molar-refractivity contribution in [1.82, 2.24) is 10.4 Å². The van der Waals surface area contributed by atoms with E-state index in [-0.39, 0.29) is 17.7 Å². The lowest BCUT2D eigenvalue weighted by atomic mass is 9.84. The summed E-state index contributed by atoms with van der Waals surface area (Å²) in [5.41, 5.74) is 13.3. The Morgan fingerprint density at radius 2 is 1.90 bits per heavy atom. The maximum atomic E-state index is 12.8. The van der Waals surface area contributed by atoms with E-state index < -0.39 is 6.04 Å². The average molecular weight is 415 g/mol. The van der Waals surface area contributed by atoms with Crippen LogP contribution >= 0.6 is 0 Å². The molecule has 5 N–H and O–H groups in total.